The molecule has 1 fully saturated rings. The third-order valence-electron chi connectivity index (χ3n) is 6.22. The van der Waals surface area contributed by atoms with E-state index in [0.717, 1.165) is 49.8 Å². The number of hydrogen-bond acceptors (Lipinski definition) is 6. The molecule has 0 aliphatic heterocycles. The Bertz CT molecular complexity index is 1210. The fraction of sp³-hybridized carbons (Fsp3) is 0.440. The van der Waals surface area contributed by atoms with E-state index in [1.165, 1.54) is 6.07 Å². The Balaban J connectivity index is 1.19. The molecule has 1 saturated carbocycles. The van der Waals surface area contributed by atoms with Crippen LogP contribution in [0.3, 0.4) is 0 Å². The van der Waals surface area contributed by atoms with Gasteiger partial charge < -0.3 is 15.2 Å². The number of carbonyl (C=O) groups is 2. The molecular weight excluding hydrogens is 446 g/mol. The molecule has 4 rings (SSSR count). The molecule has 3 heterocycles. The molecule has 1 aliphatic carbocycles. The van der Waals surface area contributed by atoms with E-state index in [9.17, 15) is 14.4 Å². The Morgan fingerprint density at radius 3 is 2.66 bits per heavy atom. The highest BCUT2D eigenvalue weighted by atomic mass is 16.2. The van der Waals surface area contributed by atoms with Crippen LogP contribution in [0.1, 0.15) is 60.3 Å². The zero-order valence-corrected chi connectivity index (χ0v) is 19.9. The van der Waals surface area contributed by atoms with Crippen molar-refractivity contribution in [1.82, 2.24) is 29.9 Å². The van der Waals surface area contributed by atoms with Gasteiger partial charge in [-0.1, -0.05) is 24.1 Å². The van der Waals surface area contributed by atoms with Gasteiger partial charge in [0, 0.05) is 55.4 Å². The summed E-state index contributed by atoms with van der Waals surface area (Å²) < 4.78 is 3.26. The first kappa shape index (κ1) is 24.3. The molecule has 0 bridgehead atoms. The van der Waals surface area contributed by atoms with Gasteiger partial charge in [0.1, 0.15) is 0 Å². The molecule has 0 aromatic carbocycles. The van der Waals surface area contributed by atoms with Gasteiger partial charge in [0.15, 0.2) is 5.69 Å². The third-order valence-corrected chi connectivity index (χ3v) is 6.22. The predicted molar refractivity (Wildman–Crippen MR) is 131 cm³/mol. The summed E-state index contributed by atoms with van der Waals surface area (Å²) in [5.41, 5.74) is 2.51. The van der Waals surface area contributed by atoms with Gasteiger partial charge in [0.05, 0.1) is 6.20 Å². The van der Waals surface area contributed by atoms with Gasteiger partial charge in [-0.15, -0.1) is 5.10 Å². The molecule has 1 aliphatic rings. The Morgan fingerprint density at radius 2 is 1.91 bits per heavy atom. The van der Waals surface area contributed by atoms with Gasteiger partial charge >= 0.3 is 0 Å². The molecule has 0 spiro atoms. The largest absolute Gasteiger partial charge is 0.346 e. The Hall–Kier alpha value is -3.82. The van der Waals surface area contributed by atoms with Crippen LogP contribution in [0.4, 0.5) is 5.69 Å². The number of anilines is 1. The lowest BCUT2D eigenvalue weighted by Crippen LogP contribution is -2.23. The molecule has 184 valence electrons. The summed E-state index contributed by atoms with van der Waals surface area (Å²) in [5, 5.41) is 13.7. The Labute approximate surface area is 203 Å². The summed E-state index contributed by atoms with van der Waals surface area (Å²) in [6, 6.07) is 7.06. The monoisotopic (exact) mass is 477 g/mol. The SMILES string of the molecule is Cc1ccc(CNC(=O)c2cn(CCCCn3ccc(NC(=O)C4CCCC4)cc3=O)nn2)cn1. The van der Waals surface area contributed by atoms with E-state index in [0.29, 0.717) is 25.3 Å². The molecule has 10 nitrogen and oxygen atoms in total. The summed E-state index contributed by atoms with van der Waals surface area (Å²) in [5.74, 6) is -0.220. The number of aryl methyl sites for hydroxylation is 3. The van der Waals surface area contributed by atoms with Crippen LogP contribution in [0, 0.1) is 12.8 Å². The van der Waals surface area contributed by atoms with Crippen LogP contribution < -0.4 is 16.2 Å². The van der Waals surface area contributed by atoms with Crippen molar-refractivity contribution in [2.75, 3.05) is 5.32 Å². The number of nitrogens with one attached hydrogen (secondary N) is 2. The van der Waals surface area contributed by atoms with Crippen molar-refractivity contribution in [3.05, 3.63) is 70.2 Å². The molecular formula is C25H31N7O3. The summed E-state index contributed by atoms with van der Waals surface area (Å²) >= 11 is 0. The zero-order chi connectivity index (χ0) is 24.6. The van der Waals surface area contributed by atoms with E-state index in [-0.39, 0.29) is 29.0 Å². The second kappa shape index (κ2) is 11.5. The van der Waals surface area contributed by atoms with Gasteiger partial charge in [-0.2, -0.15) is 0 Å². The van der Waals surface area contributed by atoms with Crippen LogP contribution in [-0.2, 0) is 24.4 Å². The number of aromatic nitrogens is 5. The first-order valence-corrected chi connectivity index (χ1v) is 12.1. The average molecular weight is 478 g/mol. The highest BCUT2D eigenvalue weighted by Gasteiger charge is 2.22. The maximum absolute atomic E-state index is 12.4. The molecule has 0 radical (unpaired) electrons. The summed E-state index contributed by atoms with van der Waals surface area (Å²) in [6.45, 7) is 3.43. The molecule has 35 heavy (non-hydrogen) atoms. The van der Waals surface area contributed by atoms with Crippen LogP contribution >= 0.6 is 0 Å². The quantitative estimate of drug-likeness (QED) is 0.433. The third kappa shape index (κ3) is 6.84. The smallest absolute Gasteiger partial charge is 0.273 e. The highest BCUT2D eigenvalue weighted by molar-refractivity contribution is 5.92. The molecule has 3 aromatic heterocycles. The number of amides is 2. The van der Waals surface area contributed by atoms with E-state index in [2.05, 4.69) is 25.9 Å². The first-order valence-electron chi connectivity index (χ1n) is 12.1. The summed E-state index contributed by atoms with van der Waals surface area (Å²) in [7, 11) is 0. The van der Waals surface area contributed by atoms with Crippen LogP contribution in [0.5, 0.6) is 0 Å². The van der Waals surface area contributed by atoms with Crippen molar-refractivity contribution in [2.45, 2.75) is 65.1 Å². The lowest BCUT2D eigenvalue weighted by molar-refractivity contribution is -0.119. The van der Waals surface area contributed by atoms with Crippen LogP contribution in [0.15, 0.2) is 47.7 Å². The number of unbranched alkanes of at least 4 members (excludes halogenated alkanes) is 1. The number of carbonyl (C=O) groups excluding carboxylic acids is 2. The molecule has 10 heteroatoms. The fourth-order valence-electron chi connectivity index (χ4n) is 4.15. The normalized spacial score (nSPS) is 13.6. The van der Waals surface area contributed by atoms with Crippen LogP contribution in [-0.4, -0.2) is 36.4 Å². The van der Waals surface area contributed by atoms with Gasteiger partial charge in [0.25, 0.3) is 11.5 Å². The maximum Gasteiger partial charge on any atom is 0.273 e. The zero-order valence-electron chi connectivity index (χ0n) is 19.9. The molecule has 3 aromatic rings. The van der Waals surface area contributed by atoms with Crippen LogP contribution in [0.2, 0.25) is 0 Å². The second-order valence-corrected chi connectivity index (χ2v) is 8.98. The van der Waals surface area contributed by atoms with Crippen molar-refractivity contribution >= 4 is 17.5 Å². The standard InChI is InChI=1S/C25H31N7O3/c1-18-8-9-19(15-26-18)16-27-25(35)22-17-32(30-29-22)12-5-4-11-31-13-10-21(14-23(31)33)28-24(34)20-6-2-3-7-20/h8-10,13-15,17,20H,2-7,11-12,16H2,1H3,(H,27,35)(H,28,34). The van der Waals surface area contributed by atoms with Gasteiger partial charge in [0.2, 0.25) is 5.91 Å². The van der Waals surface area contributed by atoms with E-state index < -0.39 is 0 Å². The lowest BCUT2D eigenvalue weighted by atomic mass is 10.1. The van der Waals surface area contributed by atoms with Crippen molar-refractivity contribution in [1.29, 1.82) is 0 Å². The predicted octanol–water partition coefficient (Wildman–Crippen LogP) is 2.68. The van der Waals surface area contributed by atoms with E-state index >= 15 is 0 Å². The van der Waals surface area contributed by atoms with Crippen LogP contribution in [0.25, 0.3) is 0 Å². The van der Waals surface area contributed by atoms with Gasteiger partial charge in [-0.05, 0) is 50.3 Å². The minimum Gasteiger partial charge on any atom is -0.346 e. The van der Waals surface area contributed by atoms with Crippen molar-refractivity contribution in [3.63, 3.8) is 0 Å². The maximum atomic E-state index is 12.4. The molecule has 0 atom stereocenters. The van der Waals surface area contributed by atoms with E-state index in [1.807, 2.05) is 19.1 Å². The topological polar surface area (TPSA) is 124 Å². The average Bonchev–Trinajstić information content (AvgIpc) is 3.55. The summed E-state index contributed by atoms with van der Waals surface area (Å²) in [4.78, 5) is 41.2. The molecule has 0 unspecified atom stereocenters. The molecule has 2 amide bonds. The Kier molecular flexibility index (Phi) is 8.02. The minimum atomic E-state index is -0.288. The van der Waals surface area contributed by atoms with E-state index in [4.69, 9.17) is 0 Å². The number of hydrogen-bond donors (Lipinski definition) is 2. The van der Waals surface area contributed by atoms with Crippen molar-refractivity contribution in [2.24, 2.45) is 5.92 Å². The van der Waals surface area contributed by atoms with E-state index in [1.54, 1.807) is 33.9 Å². The first-order chi connectivity index (χ1) is 17.0. The van der Waals surface area contributed by atoms with Crippen molar-refractivity contribution < 1.29 is 9.59 Å². The van der Waals surface area contributed by atoms with Crippen molar-refractivity contribution in [3.8, 4) is 0 Å². The molecule has 2 N–H and O–H groups in total. The van der Waals surface area contributed by atoms with Gasteiger partial charge in [-0.3, -0.25) is 24.0 Å². The Morgan fingerprint density at radius 1 is 1.11 bits per heavy atom. The summed E-state index contributed by atoms with van der Waals surface area (Å²) in [6.07, 6.45) is 10.6. The lowest BCUT2D eigenvalue weighted by Gasteiger charge is -2.11. The number of pyridine rings is 2. The number of nitrogens with zero attached hydrogens (tertiary/aromatic N) is 5. The highest BCUT2D eigenvalue weighted by Crippen LogP contribution is 2.25. The number of rotatable bonds is 10. The van der Waals surface area contributed by atoms with Gasteiger partial charge in [-0.25, -0.2) is 0 Å². The second-order valence-electron chi connectivity index (χ2n) is 8.98. The molecule has 0 saturated heterocycles. The fourth-order valence-corrected chi connectivity index (χ4v) is 4.15. The minimum absolute atomic E-state index is 0.00712.